The number of amides is 3. The summed E-state index contributed by atoms with van der Waals surface area (Å²) in [7, 11) is 0. The Morgan fingerprint density at radius 3 is 2.43 bits per heavy atom. The number of piperidine rings is 1. The van der Waals surface area contributed by atoms with E-state index in [2.05, 4.69) is 10.6 Å². The predicted molar refractivity (Wildman–Crippen MR) is 109 cm³/mol. The normalized spacial score (nSPS) is 27.0. The molecule has 1 aliphatic heterocycles. The zero-order chi connectivity index (χ0) is 20.4. The summed E-state index contributed by atoms with van der Waals surface area (Å²) in [5.41, 5.74) is 5.93. The monoisotopic (exact) mass is 388 g/mol. The summed E-state index contributed by atoms with van der Waals surface area (Å²) >= 11 is 0. The molecule has 1 aromatic rings. The molecule has 0 radical (unpaired) electrons. The van der Waals surface area contributed by atoms with Crippen LogP contribution in [0.25, 0.3) is 0 Å². The molecule has 1 aromatic carbocycles. The van der Waals surface area contributed by atoms with Gasteiger partial charge in [0.15, 0.2) is 0 Å². The molecule has 2 atom stereocenters. The van der Waals surface area contributed by atoms with Gasteiger partial charge in [-0.15, -0.1) is 0 Å². The van der Waals surface area contributed by atoms with Gasteiger partial charge in [0.1, 0.15) is 5.54 Å². The van der Waals surface area contributed by atoms with Gasteiger partial charge in [-0.05, 0) is 31.9 Å². The lowest BCUT2D eigenvalue weighted by atomic mass is 9.54. The first-order chi connectivity index (χ1) is 13.3. The zero-order valence-electron chi connectivity index (χ0n) is 17.0. The first-order valence-corrected chi connectivity index (χ1v) is 10.1. The highest BCUT2D eigenvalue weighted by atomic mass is 16.5. The number of nitrogens with one attached hydrogen (secondary N) is 2. The van der Waals surface area contributed by atoms with E-state index in [9.17, 15) is 9.59 Å². The lowest BCUT2D eigenvalue weighted by Crippen LogP contribution is -2.76. The molecule has 1 saturated heterocycles. The van der Waals surface area contributed by atoms with E-state index in [-0.39, 0.29) is 24.1 Å². The van der Waals surface area contributed by atoms with Crippen molar-refractivity contribution in [3.05, 3.63) is 30.3 Å². The Kier molecular flexibility index (Phi) is 5.95. The van der Waals surface area contributed by atoms with Crippen molar-refractivity contribution in [2.24, 2.45) is 11.1 Å². The third-order valence-electron chi connectivity index (χ3n) is 6.38. The van der Waals surface area contributed by atoms with Crippen LogP contribution in [0, 0.1) is 5.41 Å². The number of benzene rings is 1. The number of anilines is 1. The Morgan fingerprint density at radius 1 is 1.21 bits per heavy atom. The van der Waals surface area contributed by atoms with Crippen molar-refractivity contribution in [1.29, 1.82) is 0 Å². The van der Waals surface area contributed by atoms with E-state index in [4.69, 9.17) is 10.5 Å². The fraction of sp³-hybridized carbons (Fsp3) is 0.619. The minimum atomic E-state index is -0.908. The van der Waals surface area contributed by atoms with Crippen LogP contribution < -0.4 is 16.4 Å². The predicted octanol–water partition coefficient (Wildman–Crippen LogP) is 2.33. The summed E-state index contributed by atoms with van der Waals surface area (Å²) in [6.45, 7) is 7.77. The molecular formula is C21H32N4O3. The second-order valence-electron chi connectivity index (χ2n) is 8.37. The highest BCUT2D eigenvalue weighted by Gasteiger charge is 2.63. The average molecular weight is 389 g/mol. The summed E-state index contributed by atoms with van der Waals surface area (Å²) in [6, 6.07) is 9.34. The molecule has 0 aromatic heterocycles. The number of hydrogen-bond acceptors (Lipinski definition) is 4. The molecule has 3 rings (SSSR count). The van der Waals surface area contributed by atoms with E-state index in [0.29, 0.717) is 26.1 Å². The Labute approximate surface area is 167 Å². The van der Waals surface area contributed by atoms with E-state index in [1.807, 2.05) is 51.1 Å². The number of nitrogens with zero attached hydrogens (tertiary/aromatic N) is 1. The summed E-state index contributed by atoms with van der Waals surface area (Å²) < 4.78 is 5.71. The summed E-state index contributed by atoms with van der Waals surface area (Å²) in [6.07, 6.45) is 1.99. The third kappa shape index (κ3) is 3.86. The molecule has 0 bridgehead atoms. The van der Waals surface area contributed by atoms with Crippen molar-refractivity contribution in [3.8, 4) is 0 Å². The minimum Gasteiger partial charge on any atom is -0.378 e. The largest absolute Gasteiger partial charge is 0.378 e. The quantitative estimate of drug-likeness (QED) is 0.721. The van der Waals surface area contributed by atoms with Crippen molar-refractivity contribution in [2.45, 2.75) is 57.7 Å². The van der Waals surface area contributed by atoms with Crippen LogP contribution in [0.3, 0.4) is 0 Å². The smallest absolute Gasteiger partial charge is 0.321 e. The molecular weight excluding hydrogens is 356 g/mol. The fourth-order valence-electron chi connectivity index (χ4n) is 4.09. The van der Waals surface area contributed by atoms with Gasteiger partial charge in [-0.2, -0.15) is 0 Å². The van der Waals surface area contributed by atoms with Crippen molar-refractivity contribution in [1.82, 2.24) is 10.2 Å². The Balaban J connectivity index is 1.48. The van der Waals surface area contributed by atoms with Crippen LogP contribution in [-0.2, 0) is 9.53 Å². The number of carbonyl (C=O) groups excluding carboxylic acids is 2. The molecule has 1 heterocycles. The van der Waals surface area contributed by atoms with Gasteiger partial charge >= 0.3 is 6.03 Å². The molecule has 1 saturated carbocycles. The molecule has 7 nitrogen and oxygen atoms in total. The number of ether oxygens (including phenoxy) is 1. The number of nitrogens with two attached hydrogens (primary N) is 1. The van der Waals surface area contributed by atoms with Crippen LogP contribution >= 0.6 is 0 Å². The number of urea groups is 1. The van der Waals surface area contributed by atoms with E-state index in [1.54, 1.807) is 4.90 Å². The van der Waals surface area contributed by atoms with E-state index >= 15 is 0 Å². The number of carbonyl (C=O) groups is 2. The molecule has 4 N–H and O–H groups in total. The molecule has 2 aliphatic rings. The van der Waals surface area contributed by atoms with Gasteiger partial charge in [-0.25, -0.2) is 4.79 Å². The summed E-state index contributed by atoms with van der Waals surface area (Å²) in [5, 5.41) is 6.01. The van der Waals surface area contributed by atoms with Crippen LogP contribution in [0.4, 0.5) is 10.5 Å². The highest BCUT2D eigenvalue weighted by Crippen LogP contribution is 2.49. The first kappa shape index (κ1) is 20.6. The summed E-state index contributed by atoms with van der Waals surface area (Å²) in [4.78, 5) is 27.0. The van der Waals surface area contributed by atoms with Crippen LogP contribution in [0.5, 0.6) is 0 Å². The number of hydrogen-bond donors (Lipinski definition) is 3. The van der Waals surface area contributed by atoms with Crippen molar-refractivity contribution >= 4 is 17.6 Å². The van der Waals surface area contributed by atoms with Crippen LogP contribution in [0.15, 0.2) is 30.3 Å². The maximum absolute atomic E-state index is 12.9. The molecule has 1 aliphatic carbocycles. The molecule has 7 heteroatoms. The lowest BCUT2D eigenvalue weighted by molar-refractivity contribution is -0.171. The lowest BCUT2D eigenvalue weighted by Gasteiger charge is -2.57. The molecule has 154 valence electrons. The van der Waals surface area contributed by atoms with E-state index in [0.717, 1.165) is 18.5 Å². The number of likely N-dealkylation sites (tertiary alicyclic amines) is 1. The minimum absolute atomic E-state index is 0.0109. The van der Waals surface area contributed by atoms with Crippen molar-refractivity contribution < 1.29 is 14.3 Å². The van der Waals surface area contributed by atoms with Gasteiger partial charge in [0.2, 0.25) is 5.91 Å². The molecule has 3 amide bonds. The standard InChI is InChI=1S/C21H32N4O3/c1-4-28-17-14-21(22,20(17,2)3)18(26)23-16-10-12-25(13-11-16)19(27)24-15-8-6-5-7-9-15/h5-9,16-17H,4,10-14,22H2,1-3H3,(H,23,26)(H,24,27). The van der Waals surface area contributed by atoms with E-state index in [1.165, 1.54) is 0 Å². The van der Waals surface area contributed by atoms with Gasteiger partial charge in [0, 0.05) is 43.3 Å². The van der Waals surface area contributed by atoms with Crippen LogP contribution in [-0.4, -0.2) is 54.2 Å². The van der Waals surface area contributed by atoms with Gasteiger partial charge in [-0.1, -0.05) is 32.0 Å². The summed E-state index contributed by atoms with van der Waals surface area (Å²) in [5.74, 6) is -0.111. The zero-order valence-corrected chi connectivity index (χ0v) is 17.0. The first-order valence-electron chi connectivity index (χ1n) is 10.1. The van der Waals surface area contributed by atoms with Crippen molar-refractivity contribution in [3.63, 3.8) is 0 Å². The second-order valence-corrected chi connectivity index (χ2v) is 8.37. The number of para-hydroxylation sites is 1. The Bertz CT molecular complexity index is 701. The van der Waals surface area contributed by atoms with Gasteiger partial charge in [0.25, 0.3) is 0 Å². The Morgan fingerprint density at radius 2 is 1.86 bits per heavy atom. The average Bonchev–Trinajstić information content (AvgIpc) is 2.69. The van der Waals surface area contributed by atoms with Crippen LogP contribution in [0.2, 0.25) is 0 Å². The molecule has 2 fully saturated rings. The number of rotatable bonds is 5. The van der Waals surface area contributed by atoms with E-state index < -0.39 is 11.0 Å². The Hall–Kier alpha value is -2.12. The SMILES string of the molecule is CCOC1CC(N)(C(=O)NC2CCN(C(=O)Nc3ccccc3)CC2)C1(C)C. The second kappa shape index (κ2) is 8.09. The highest BCUT2D eigenvalue weighted by molar-refractivity contribution is 5.90. The van der Waals surface area contributed by atoms with Gasteiger partial charge in [-0.3, -0.25) is 4.79 Å². The maximum Gasteiger partial charge on any atom is 0.321 e. The maximum atomic E-state index is 12.9. The topological polar surface area (TPSA) is 96.7 Å². The van der Waals surface area contributed by atoms with Crippen LogP contribution in [0.1, 0.15) is 40.0 Å². The van der Waals surface area contributed by atoms with Crippen molar-refractivity contribution in [2.75, 3.05) is 25.0 Å². The molecule has 2 unspecified atom stereocenters. The third-order valence-corrected chi connectivity index (χ3v) is 6.38. The van der Waals surface area contributed by atoms with Gasteiger partial charge in [0.05, 0.1) is 6.10 Å². The van der Waals surface area contributed by atoms with Gasteiger partial charge < -0.3 is 26.0 Å². The molecule has 28 heavy (non-hydrogen) atoms. The molecule has 0 spiro atoms. The fourth-order valence-corrected chi connectivity index (χ4v) is 4.09.